The summed E-state index contributed by atoms with van der Waals surface area (Å²) >= 11 is 3.23. The molecule has 0 radical (unpaired) electrons. The van der Waals surface area contributed by atoms with Crippen LogP contribution in [0.4, 0.5) is 11.4 Å². The van der Waals surface area contributed by atoms with Gasteiger partial charge in [0.1, 0.15) is 5.69 Å². The Morgan fingerprint density at radius 2 is 2.24 bits per heavy atom. The molecule has 0 saturated carbocycles. The Balaban J connectivity index is 2.23. The van der Waals surface area contributed by atoms with Crippen LogP contribution in [-0.2, 0) is 0 Å². The molecule has 1 aliphatic carbocycles. The molecular formula is C12H11BrN2O2. The molecule has 0 amide bonds. The number of hydrogen-bond donors (Lipinski definition) is 1. The van der Waals surface area contributed by atoms with Crippen molar-refractivity contribution in [2.75, 3.05) is 5.32 Å². The summed E-state index contributed by atoms with van der Waals surface area (Å²) in [5.74, 6) is 0. The van der Waals surface area contributed by atoms with Gasteiger partial charge in [-0.3, -0.25) is 10.1 Å². The first-order chi connectivity index (χ1) is 8.16. The van der Waals surface area contributed by atoms with Gasteiger partial charge in [-0.15, -0.1) is 0 Å². The second-order valence-corrected chi connectivity index (χ2v) is 4.63. The Hall–Kier alpha value is -1.62. The van der Waals surface area contributed by atoms with Crippen molar-refractivity contribution in [1.29, 1.82) is 0 Å². The van der Waals surface area contributed by atoms with Crippen molar-refractivity contribution in [2.24, 2.45) is 0 Å². The summed E-state index contributed by atoms with van der Waals surface area (Å²) in [5, 5.41) is 14.1. The van der Waals surface area contributed by atoms with Gasteiger partial charge in [-0.1, -0.05) is 40.2 Å². The number of nitrogens with one attached hydrogen (secondary N) is 1. The Morgan fingerprint density at radius 3 is 2.88 bits per heavy atom. The zero-order chi connectivity index (χ0) is 12.3. The van der Waals surface area contributed by atoms with E-state index in [-0.39, 0.29) is 16.7 Å². The minimum absolute atomic E-state index is 0.0855. The summed E-state index contributed by atoms with van der Waals surface area (Å²) in [6.45, 7) is 0. The normalized spacial score (nSPS) is 18.1. The van der Waals surface area contributed by atoms with Gasteiger partial charge in [0.2, 0.25) is 0 Å². The standard InChI is InChI=1S/C12H11BrN2O2/c13-9-6-7-11(12(8-9)15(16)17)14-10-4-2-1-3-5-10/h1-4,6-8,10,14H,5H2. The Morgan fingerprint density at radius 1 is 1.41 bits per heavy atom. The van der Waals surface area contributed by atoms with Crippen LogP contribution in [0, 0.1) is 10.1 Å². The molecule has 1 aliphatic rings. The summed E-state index contributed by atoms with van der Waals surface area (Å²) in [6, 6.07) is 5.12. The van der Waals surface area contributed by atoms with E-state index in [0.717, 1.165) is 6.42 Å². The van der Waals surface area contributed by atoms with E-state index in [1.165, 1.54) is 6.07 Å². The largest absolute Gasteiger partial charge is 0.373 e. The second-order valence-electron chi connectivity index (χ2n) is 3.72. The molecule has 0 saturated heterocycles. The maximum atomic E-state index is 10.9. The van der Waals surface area contributed by atoms with Crippen molar-refractivity contribution in [2.45, 2.75) is 12.5 Å². The number of halogens is 1. The van der Waals surface area contributed by atoms with Crippen molar-refractivity contribution >= 4 is 27.3 Å². The van der Waals surface area contributed by atoms with E-state index in [9.17, 15) is 10.1 Å². The summed E-state index contributed by atoms with van der Waals surface area (Å²) < 4.78 is 0.703. The van der Waals surface area contributed by atoms with Crippen LogP contribution in [0.25, 0.3) is 0 Å². The molecule has 0 spiro atoms. The highest BCUT2D eigenvalue weighted by Gasteiger charge is 2.16. The van der Waals surface area contributed by atoms with Crippen LogP contribution < -0.4 is 5.32 Å². The number of nitro benzene ring substituents is 1. The van der Waals surface area contributed by atoms with Gasteiger partial charge >= 0.3 is 0 Å². The zero-order valence-corrected chi connectivity index (χ0v) is 10.6. The van der Waals surface area contributed by atoms with Gasteiger partial charge < -0.3 is 5.32 Å². The van der Waals surface area contributed by atoms with Crippen LogP contribution in [0.15, 0.2) is 47.0 Å². The average Bonchev–Trinajstić information content (AvgIpc) is 2.32. The quantitative estimate of drug-likeness (QED) is 0.684. The summed E-state index contributed by atoms with van der Waals surface area (Å²) in [4.78, 5) is 10.5. The van der Waals surface area contributed by atoms with Gasteiger partial charge in [-0.25, -0.2) is 0 Å². The highest BCUT2D eigenvalue weighted by molar-refractivity contribution is 9.10. The lowest BCUT2D eigenvalue weighted by Crippen LogP contribution is -2.17. The highest BCUT2D eigenvalue weighted by atomic mass is 79.9. The molecule has 1 unspecified atom stereocenters. The number of nitro groups is 1. The summed E-state index contributed by atoms with van der Waals surface area (Å²) in [7, 11) is 0. The third kappa shape index (κ3) is 2.94. The molecule has 0 fully saturated rings. The van der Waals surface area contributed by atoms with Gasteiger partial charge in [0.15, 0.2) is 0 Å². The monoisotopic (exact) mass is 294 g/mol. The number of allylic oxidation sites excluding steroid dienone is 2. The minimum atomic E-state index is -0.379. The molecule has 1 aromatic carbocycles. The van der Waals surface area contributed by atoms with Crippen LogP contribution >= 0.6 is 15.9 Å². The topological polar surface area (TPSA) is 55.2 Å². The third-order valence-corrected chi connectivity index (χ3v) is 2.97. The van der Waals surface area contributed by atoms with Crippen molar-refractivity contribution in [3.8, 4) is 0 Å². The minimum Gasteiger partial charge on any atom is -0.373 e. The lowest BCUT2D eigenvalue weighted by Gasteiger charge is -2.16. The van der Waals surface area contributed by atoms with Gasteiger partial charge in [0.05, 0.1) is 4.92 Å². The number of rotatable bonds is 3. The van der Waals surface area contributed by atoms with Crippen molar-refractivity contribution in [1.82, 2.24) is 0 Å². The summed E-state index contributed by atoms with van der Waals surface area (Å²) in [5.41, 5.74) is 0.630. The van der Waals surface area contributed by atoms with E-state index >= 15 is 0 Å². The van der Waals surface area contributed by atoms with Crippen LogP contribution in [0.2, 0.25) is 0 Å². The SMILES string of the molecule is O=[N+]([O-])c1cc(Br)ccc1NC1C=CC=CC1. The maximum absolute atomic E-state index is 10.9. The third-order valence-electron chi connectivity index (χ3n) is 2.48. The molecule has 17 heavy (non-hydrogen) atoms. The fraction of sp³-hybridized carbons (Fsp3) is 0.167. The molecule has 1 aromatic rings. The van der Waals surface area contributed by atoms with Gasteiger partial charge in [0, 0.05) is 16.6 Å². The molecule has 1 atom stereocenters. The maximum Gasteiger partial charge on any atom is 0.293 e. The molecule has 0 heterocycles. The smallest absolute Gasteiger partial charge is 0.293 e. The van der Waals surface area contributed by atoms with Gasteiger partial charge in [0.25, 0.3) is 5.69 Å². The van der Waals surface area contributed by atoms with E-state index in [0.29, 0.717) is 10.2 Å². The second kappa shape index (κ2) is 5.14. The van der Waals surface area contributed by atoms with Crippen LogP contribution in [-0.4, -0.2) is 11.0 Å². The lowest BCUT2D eigenvalue weighted by molar-refractivity contribution is -0.384. The first kappa shape index (κ1) is 11.9. The fourth-order valence-corrected chi connectivity index (χ4v) is 2.01. The van der Waals surface area contributed by atoms with E-state index in [2.05, 4.69) is 21.2 Å². The van der Waals surface area contributed by atoms with E-state index < -0.39 is 0 Å². The predicted molar refractivity (Wildman–Crippen MR) is 71.1 cm³/mol. The first-order valence-electron chi connectivity index (χ1n) is 5.20. The molecule has 2 rings (SSSR count). The van der Waals surface area contributed by atoms with Crippen molar-refractivity contribution < 1.29 is 4.92 Å². The number of nitrogens with zero attached hydrogens (tertiary/aromatic N) is 1. The molecule has 5 heteroatoms. The van der Waals surface area contributed by atoms with Gasteiger partial charge in [-0.2, -0.15) is 0 Å². The van der Waals surface area contributed by atoms with Crippen molar-refractivity contribution in [3.05, 3.63) is 57.1 Å². The Bertz CT molecular complexity index is 497. The molecular weight excluding hydrogens is 284 g/mol. The number of anilines is 1. The van der Waals surface area contributed by atoms with Crippen LogP contribution in [0.5, 0.6) is 0 Å². The molecule has 88 valence electrons. The van der Waals surface area contributed by atoms with E-state index in [1.807, 2.05) is 24.3 Å². The highest BCUT2D eigenvalue weighted by Crippen LogP contribution is 2.29. The number of benzene rings is 1. The molecule has 4 nitrogen and oxygen atoms in total. The fourth-order valence-electron chi connectivity index (χ4n) is 1.67. The number of hydrogen-bond acceptors (Lipinski definition) is 3. The zero-order valence-electron chi connectivity index (χ0n) is 8.97. The van der Waals surface area contributed by atoms with Gasteiger partial charge in [-0.05, 0) is 18.6 Å². The molecule has 0 aromatic heterocycles. The van der Waals surface area contributed by atoms with Crippen LogP contribution in [0.1, 0.15) is 6.42 Å². The first-order valence-corrected chi connectivity index (χ1v) is 6.00. The Kier molecular flexibility index (Phi) is 3.58. The lowest BCUT2D eigenvalue weighted by atomic mass is 10.1. The molecule has 0 aliphatic heterocycles. The van der Waals surface area contributed by atoms with Crippen molar-refractivity contribution in [3.63, 3.8) is 0 Å². The predicted octanol–water partition coefficient (Wildman–Crippen LogP) is 3.65. The Labute approximate surface area is 107 Å². The van der Waals surface area contributed by atoms with E-state index in [1.54, 1.807) is 12.1 Å². The van der Waals surface area contributed by atoms with Crippen LogP contribution in [0.3, 0.4) is 0 Å². The van der Waals surface area contributed by atoms with E-state index in [4.69, 9.17) is 0 Å². The molecule has 0 bridgehead atoms. The molecule has 1 N–H and O–H groups in total. The average molecular weight is 295 g/mol. The summed E-state index contributed by atoms with van der Waals surface area (Å²) in [6.07, 6.45) is 8.76.